The third kappa shape index (κ3) is 31.7. The van der Waals surface area contributed by atoms with Gasteiger partial charge >= 0.3 is 19.8 Å². The van der Waals surface area contributed by atoms with E-state index in [0.29, 0.717) is 19.3 Å². The highest BCUT2D eigenvalue weighted by Gasteiger charge is 2.60. The summed E-state index contributed by atoms with van der Waals surface area (Å²) in [6.07, 6.45) is -48.8. The first-order chi connectivity index (χ1) is 58.2. The van der Waals surface area contributed by atoms with Crippen molar-refractivity contribution in [1.82, 2.24) is 0 Å². The standard InChI is InChI=1S/C78H141O43P/c1-3-5-7-9-11-13-15-17-19-20-22-24-26-28-30-47(81)106-34-40(112-48(82)31-29-27-25-23-21-18-16-14-12-10-8-6-4-2)35-111-122(104,105)121-72-70(119-77-68(102)56(90)50(84)42(33-80)114-77)62(96)61(95)63(97)71(72)120-78-69(103)60(94)54(88)46(118-78)39-110-76-67(101)59(93)53(87)45(117-76)38-109-75-66(100)58(92)52(86)44(116-75)37-108-74-65(99)57(91)51(85)43(115-74)36-107-73-64(98)55(89)49(83)41(32-79)113-73/h40-46,49-80,83-103H,3-39H2,1-2H3,(H,104,105)/t40-,41?,42?,43?,44?,45?,46?,49+,50-,51+,52+,53+,54+,55?,56?,57?,58?,59?,60?,61+,62?,63?,64+,65+,66+,67+,68-,69+,70-,71?,72+,73-,74-,75-,76-,77-,78+/m1/s1. The lowest BCUT2D eigenvalue weighted by atomic mass is 9.84. The summed E-state index contributed by atoms with van der Waals surface area (Å²) >= 11 is 0. The zero-order valence-electron chi connectivity index (χ0n) is 69.5. The van der Waals surface area contributed by atoms with Crippen LogP contribution in [0, 0.1) is 0 Å². The maximum absolute atomic E-state index is 14.5. The fraction of sp³-hybridized carbons (Fsp3) is 0.974. The predicted molar refractivity (Wildman–Crippen MR) is 413 cm³/mol. The number of aliphatic hydroxyl groups excluding tert-OH is 23. The van der Waals surface area contributed by atoms with E-state index >= 15 is 0 Å². The highest BCUT2D eigenvalue weighted by Crippen LogP contribution is 2.49. The molecule has 7 fully saturated rings. The number of rotatable bonds is 55. The Morgan fingerprint density at radius 1 is 0.295 bits per heavy atom. The molecule has 38 atom stereocenters. The van der Waals surface area contributed by atoms with Gasteiger partial charge in [-0.05, 0) is 12.8 Å². The first kappa shape index (κ1) is 107. The Kier molecular flexibility index (Phi) is 47.6. The second-order valence-electron chi connectivity index (χ2n) is 32.9. The monoisotopic (exact) mass is 1800 g/mol. The molecule has 0 aromatic rings. The number of carbonyl (C=O) groups is 2. The molecule has 6 aliphatic heterocycles. The lowest BCUT2D eigenvalue weighted by Gasteiger charge is -2.49. The largest absolute Gasteiger partial charge is 0.472 e. The molecule has 0 aromatic carbocycles. The van der Waals surface area contributed by atoms with Gasteiger partial charge in [-0.25, -0.2) is 4.57 Å². The van der Waals surface area contributed by atoms with Crippen LogP contribution in [0.3, 0.4) is 0 Å². The van der Waals surface area contributed by atoms with Gasteiger partial charge in [-0.1, -0.05) is 174 Å². The average Bonchev–Trinajstić information content (AvgIpc) is 0.759. The van der Waals surface area contributed by atoms with Crippen molar-refractivity contribution in [3.63, 3.8) is 0 Å². The molecule has 16 unspecified atom stereocenters. The molecule has 0 aromatic heterocycles. The average molecular weight is 1800 g/mol. The first-order valence-corrected chi connectivity index (χ1v) is 44.9. The molecule has 0 radical (unpaired) electrons. The van der Waals surface area contributed by atoms with E-state index in [0.717, 1.165) is 70.6 Å². The molecule has 0 spiro atoms. The van der Waals surface area contributed by atoms with E-state index in [1.54, 1.807) is 0 Å². The molecule has 44 heteroatoms. The Morgan fingerprint density at radius 2 is 0.541 bits per heavy atom. The summed E-state index contributed by atoms with van der Waals surface area (Å²) in [5.41, 5.74) is 0. The first-order valence-electron chi connectivity index (χ1n) is 43.4. The molecular formula is C78H141O43P. The quantitative estimate of drug-likeness (QED) is 0.0154. The molecule has 716 valence electrons. The third-order valence-corrected chi connectivity index (χ3v) is 24.3. The number of hydrogen-bond donors (Lipinski definition) is 24. The van der Waals surface area contributed by atoms with Crippen molar-refractivity contribution in [2.75, 3.05) is 52.9 Å². The van der Waals surface area contributed by atoms with Crippen LogP contribution in [0.15, 0.2) is 0 Å². The van der Waals surface area contributed by atoms with Gasteiger partial charge in [0.15, 0.2) is 43.8 Å². The highest BCUT2D eigenvalue weighted by atomic mass is 31.2. The summed E-state index contributed by atoms with van der Waals surface area (Å²) < 4.78 is 104. The summed E-state index contributed by atoms with van der Waals surface area (Å²) in [6, 6.07) is 0. The molecule has 7 rings (SSSR count). The van der Waals surface area contributed by atoms with Crippen LogP contribution in [0.5, 0.6) is 0 Å². The number of unbranched alkanes of at least 4 members (excludes halogenated alkanes) is 25. The predicted octanol–water partition coefficient (Wildman–Crippen LogP) is -4.94. The second kappa shape index (κ2) is 54.5. The fourth-order valence-corrected chi connectivity index (χ4v) is 16.5. The van der Waals surface area contributed by atoms with Crippen molar-refractivity contribution >= 4 is 19.8 Å². The maximum atomic E-state index is 14.5. The van der Waals surface area contributed by atoms with Crippen LogP contribution in [0.1, 0.15) is 200 Å². The van der Waals surface area contributed by atoms with Crippen LogP contribution in [0.25, 0.3) is 0 Å². The maximum Gasteiger partial charge on any atom is 0.472 e. The number of hydrogen-bond acceptors (Lipinski definition) is 42. The molecule has 24 N–H and O–H groups in total. The Bertz CT molecular complexity index is 2910. The van der Waals surface area contributed by atoms with Gasteiger partial charge in [0.2, 0.25) is 0 Å². The highest BCUT2D eigenvalue weighted by molar-refractivity contribution is 7.47. The van der Waals surface area contributed by atoms with E-state index < -0.39 is 300 Å². The van der Waals surface area contributed by atoms with E-state index in [-0.39, 0.29) is 12.8 Å². The lowest BCUT2D eigenvalue weighted by molar-refractivity contribution is -0.365. The van der Waals surface area contributed by atoms with Crippen molar-refractivity contribution in [3.8, 4) is 0 Å². The zero-order valence-corrected chi connectivity index (χ0v) is 70.4. The Hall–Kier alpha value is -2.35. The normalized spacial score (nSPS) is 39.8. The van der Waals surface area contributed by atoms with Gasteiger partial charge in [0.1, 0.15) is 190 Å². The van der Waals surface area contributed by atoms with Gasteiger partial charge in [-0.15, -0.1) is 0 Å². The van der Waals surface area contributed by atoms with Gasteiger partial charge < -0.3 is 189 Å². The van der Waals surface area contributed by atoms with Gasteiger partial charge in [-0.3, -0.25) is 18.6 Å². The summed E-state index contributed by atoms with van der Waals surface area (Å²) in [5.74, 6) is -1.49. The van der Waals surface area contributed by atoms with Gasteiger partial charge in [-0.2, -0.15) is 0 Å². The molecule has 6 saturated heterocycles. The fourth-order valence-electron chi connectivity index (χ4n) is 15.5. The van der Waals surface area contributed by atoms with Crippen LogP contribution >= 0.6 is 7.82 Å². The molecule has 1 saturated carbocycles. The molecule has 0 amide bonds. The van der Waals surface area contributed by atoms with E-state index in [4.69, 9.17) is 75.4 Å². The summed E-state index contributed by atoms with van der Waals surface area (Å²) in [7, 11) is -5.88. The number of ether oxygens (including phenoxy) is 14. The van der Waals surface area contributed by atoms with E-state index in [2.05, 4.69) is 13.8 Å². The molecule has 1 aliphatic carbocycles. The molecule has 43 nitrogen and oxygen atoms in total. The van der Waals surface area contributed by atoms with Crippen molar-refractivity contribution in [3.05, 3.63) is 0 Å². The molecular weight excluding hydrogens is 1660 g/mol. The van der Waals surface area contributed by atoms with E-state index in [1.807, 2.05) is 0 Å². The van der Waals surface area contributed by atoms with Crippen LogP contribution in [0.2, 0.25) is 0 Å². The van der Waals surface area contributed by atoms with Gasteiger partial charge in [0.25, 0.3) is 0 Å². The minimum Gasteiger partial charge on any atom is -0.462 e. The van der Waals surface area contributed by atoms with Crippen molar-refractivity contribution in [2.24, 2.45) is 0 Å². The second-order valence-corrected chi connectivity index (χ2v) is 34.3. The van der Waals surface area contributed by atoms with Gasteiger partial charge in [0, 0.05) is 12.8 Å². The number of phosphoric acid groups is 1. The third-order valence-electron chi connectivity index (χ3n) is 23.3. The molecule has 7 aliphatic rings. The van der Waals surface area contributed by atoms with Crippen molar-refractivity contribution in [1.29, 1.82) is 0 Å². The Labute approximate surface area is 709 Å². The van der Waals surface area contributed by atoms with Crippen LogP contribution in [-0.2, 0) is 89.5 Å². The number of esters is 2. The summed E-state index contributed by atoms with van der Waals surface area (Å²) in [4.78, 5) is 38.4. The minimum atomic E-state index is -5.88. The van der Waals surface area contributed by atoms with Crippen LogP contribution in [-0.4, -0.2) is 414 Å². The number of phosphoric ester groups is 1. The number of aliphatic hydroxyl groups is 23. The van der Waals surface area contributed by atoms with Crippen molar-refractivity contribution < 1.29 is 212 Å². The topological polar surface area (TPSA) is 684 Å². The molecule has 122 heavy (non-hydrogen) atoms. The van der Waals surface area contributed by atoms with Gasteiger partial charge in [0.05, 0.1) is 46.2 Å². The lowest BCUT2D eigenvalue weighted by Crippen LogP contribution is -2.69. The molecule has 6 heterocycles. The Balaban J connectivity index is 1.00. The van der Waals surface area contributed by atoms with Crippen LogP contribution < -0.4 is 0 Å². The number of carbonyl (C=O) groups excluding carboxylic acids is 2. The SMILES string of the molecule is CCCCCCCCCCCCCCCCC(=O)OC[C@H](COP(=O)(O)O[C@@H]1C(O[C@@H]2OC(CO[C@@H]3OC(CO[C@@H]4OC(CO[C@@H]5OC(CO[C@@H]6OC(CO)[C@H](O)C(O)[C@@H]6O)[C@H](O)C(O)[C@@H]5O)[C@H](O)C(O)[C@@H]4O)[C@H](O)C(O)[C@@H]3O)[C@H](O)C(O)[C@@H]2O)C(O)[C@@H](O)C(O)[C@H]1O[C@H]1OC(CO)[C@@H](O)C(O)[C@H]1O)OC(=O)CCCCCCCCCCCCCCC. The van der Waals surface area contributed by atoms with Crippen LogP contribution in [0.4, 0.5) is 0 Å². The Morgan fingerprint density at radius 3 is 0.844 bits per heavy atom. The summed E-state index contributed by atoms with van der Waals surface area (Å²) in [5, 5.41) is 250. The van der Waals surface area contributed by atoms with Crippen molar-refractivity contribution in [2.45, 2.75) is 427 Å². The smallest absolute Gasteiger partial charge is 0.462 e. The van der Waals surface area contributed by atoms with E-state index in [9.17, 15) is 136 Å². The summed E-state index contributed by atoms with van der Waals surface area (Å²) in [6.45, 7) is -2.90. The minimum absolute atomic E-state index is 0.0272. The molecule has 0 bridgehead atoms. The zero-order chi connectivity index (χ0) is 89.5. The van der Waals surface area contributed by atoms with E-state index in [1.165, 1.54) is 83.5 Å².